The van der Waals surface area contributed by atoms with Crippen LogP contribution in [0.4, 0.5) is 0 Å². The standard InChI is InChI=1S/C8H16.C7H14.CH4/c1-5-8(4)6-7(2)3;1-5-7(4)6(2)3;/h5,7H,6H2,1-4H3;5-6H,1-4H3;1H4. The van der Waals surface area contributed by atoms with Gasteiger partial charge >= 0.3 is 0 Å². The van der Waals surface area contributed by atoms with Gasteiger partial charge in [-0.2, -0.15) is 0 Å². The first-order valence-electron chi connectivity index (χ1n) is 6.09. The van der Waals surface area contributed by atoms with Crippen molar-refractivity contribution in [3.8, 4) is 0 Å². The highest BCUT2D eigenvalue weighted by Crippen LogP contribution is 2.08. The van der Waals surface area contributed by atoms with E-state index in [4.69, 9.17) is 0 Å². The summed E-state index contributed by atoms with van der Waals surface area (Å²) in [5.74, 6) is 1.54. The minimum absolute atomic E-state index is 0. The van der Waals surface area contributed by atoms with E-state index in [2.05, 4.69) is 67.5 Å². The van der Waals surface area contributed by atoms with E-state index in [1.165, 1.54) is 17.6 Å². The highest BCUT2D eigenvalue weighted by atomic mass is 14.0. The summed E-state index contributed by atoms with van der Waals surface area (Å²) in [7, 11) is 0. The van der Waals surface area contributed by atoms with Gasteiger partial charge in [0.1, 0.15) is 0 Å². The van der Waals surface area contributed by atoms with Crippen LogP contribution >= 0.6 is 0 Å². The van der Waals surface area contributed by atoms with Crippen molar-refractivity contribution in [2.75, 3.05) is 0 Å². The van der Waals surface area contributed by atoms with E-state index in [9.17, 15) is 0 Å². The molecule has 0 bridgehead atoms. The molecule has 0 aromatic carbocycles. The second-order valence-electron chi connectivity index (χ2n) is 4.92. The van der Waals surface area contributed by atoms with Crippen LogP contribution in [0.5, 0.6) is 0 Å². The Labute approximate surface area is 105 Å². The lowest BCUT2D eigenvalue weighted by Gasteiger charge is -2.01. The van der Waals surface area contributed by atoms with Gasteiger partial charge in [-0.15, -0.1) is 0 Å². The van der Waals surface area contributed by atoms with Crippen molar-refractivity contribution in [1.82, 2.24) is 0 Å². The minimum Gasteiger partial charge on any atom is -0.0887 e. The monoisotopic (exact) mass is 226 g/mol. The molecular formula is C16H34. The molecule has 0 atom stereocenters. The zero-order chi connectivity index (χ0) is 12.4. The maximum absolute atomic E-state index is 2.24. The molecular weight excluding hydrogens is 192 g/mol. The molecule has 16 heavy (non-hydrogen) atoms. The van der Waals surface area contributed by atoms with E-state index in [0.717, 1.165) is 11.8 Å². The molecule has 0 unspecified atom stereocenters. The first-order valence-corrected chi connectivity index (χ1v) is 6.09. The molecule has 0 heteroatoms. The predicted molar refractivity (Wildman–Crippen MR) is 79.9 cm³/mol. The van der Waals surface area contributed by atoms with Crippen molar-refractivity contribution in [2.45, 2.75) is 69.2 Å². The van der Waals surface area contributed by atoms with Gasteiger partial charge in [0, 0.05) is 0 Å². The van der Waals surface area contributed by atoms with Gasteiger partial charge in [0.15, 0.2) is 0 Å². The average Bonchev–Trinajstić information content (AvgIpc) is 2.16. The zero-order valence-electron chi connectivity index (χ0n) is 12.0. The first-order chi connectivity index (χ1) is 6.84. The van der Waals surface area contributed by atoms with Gasteiger partial charge in [0.05, 0.1) is 0 Å². The van der Waals surface area contributed by atoms with Crippen molar-refractivity contribution < 1.29 is 0 Å². The lowest BCUT2D eigenvalue weighted by atomic mass is 10.0. The Morgan fingerprint density at radius 1 is 0.938 bits per heavy atom. The quantitative estimate of drug-likeness (QED) is 0.499. The molecule has 98 valence electrons. The summed E-state index contributed by atoms with van der Waals surface area (Å²) in [4.78, 5) is 0. The molecule has 0 aliphatic carbocycles. The molecule has 0 rings (SSSR count). The molecule has 0 spiro atoms. The normalized spacial score (nSPS) is 12.1. The van der Waals surface area contributed by atoms with Crippen molar-refractivity contribution >= 4 is 0 Å². The van der Waals surface area contributed by atoms with E-state index in [-0.39, 0.29) is 7.43 Å². The Morgan fingerprint density at radius 3 is 1.44 bits per heavy atom. The Balaban J connectivity index is -0.000000200. The van der Waals surface area contributed by atoms with Crippen LogP contribution in [0.15, 0.2) is 23.3 Å². The fourth-order valence-electron chi connectivity index (χ4n) is 1.10. The van der Waals surface area contributed by atoms with Crippen LogP contribution in [0.25, 0.3) is 0 Å². The molecule has 0 fully saturated rings. The summed E-state index contributed by atoms with van der Waals surface area (Å²) in [6.45, 7) is 17.4. The highest BCUT2D eigenvalue weighted by molar-refractivity contribution is 4.98. The Kier molecular flexibility index (Phi) is 16.3. The number of allylic oxidation sites excluding steroid dienone is 4. The maximum Gasteiger partial charge on any atom is -0.0263 e. The molecule has 0 N–H and O–H groups in total. The van der Waals surface area contributed by atoms with Gasteiger partial charge in [0.2, 0.25) is 0 Å². The molecule has 0 saturated heterocycles. The second kappa shape index (κ2) is 12.5. The van der Waals surface area contributed by atoms with Crippen LogP contribution < -0.4 is 0 Å². The summed E-state index contributed by atoms with van der Waals surface area (Å²) in [5, 5.41) is 0. The van der Waals surface area contributed by atoms with Crippen molar-refractivity contribution in [3.63, 3.8) is 0 Å². The summed E-state index contributed by atoms with van der Waals surface area (Å²) in [5.41, 5.74) is 2.97. The van der Waals surface area contributed by atoms with Crippen LogP contribution in [0.2, 0.25) is 0 Å². The molecule has 0 saturated carbocycles. The molecule has 0 radical (unpaired) electrons. The van der Waals surface area contributed by atoms with E-state index in [0.29, 0.717) is 0 Å². The Morgan fingerprint density at radius 2 is 1.38 bits per heavy atom. The van der Waals surface area contributed by atoms with E-state index >= 15 is 0 Å². The molecule has 0 aromatic rings. The fraction of sp³-hybridized carbons (Fsp3) is 0.750. The molecule has 0 nitrogen and oxygen atoms in total. The predicted octanol–water partition coefficient (Wildman–Crippen LogP) is 6.24. The third-order valence-corrected chi connectivity index (χ3v) is 2.59. The summed E-state index contributed by atoms with van der Waals surface area (Å²) < 4.78 is 0. The van der Waals surface area contributed by atoms with Gasteiger partial charge < -0.3 is 0 Å². The van der Waals surface area contributed by atoms with Crippen molar-refractivity contribution in [1.29, 1.82) is 0 Å². The molecule has 0 aliphatic rings. The molecule has 0 aromatic heterocycles. The smallest absolute Gasteiger partial charge is 0.0263 e. The van der Waals surface area contributed by atoms with E-state index < -0.39 is 0 Å². The van der Waals surface area contributed by atoms with Crippen molar-refractivity contribution in [2.24, 2.45) is 11.8 Å². The molecule has 0 heterocycles. The highest BCUT2D eigenvalue weighted by Gasteiger charge is 1.92. The Hall–Kier alpha value is -0.520. The van der Waals surface area contributed by atoms with E-state index in [1.807, 2.05) is 0 Å². The summed E-state index contributed by atoms with van der Waals surface area (Å²) in [6.07, 6.45) is 5.58. The van der Waals surface area contributed by atoms with Crippen LogP contribution in [0.1, 0.15) is 69.2 Å². The average molecular weight is 226 g/mol. The third-order valence-electron chi connectivity index (χ3n) is 2.59. The third kappa shape index (κ3) is 15.9. The van der Waals surface area contributed by atoms with E-state index in [1.54, 1.807) is 0 Å². The summed E-state index contributed by atoms with van der Waals surface area (Å²) in [6, 6.07) is 0. The minimum atomic E-state index is 0. The van der Waals surface area contributed by atoms with Gasteiger partial charge in [-0.05, 0) is 46.0 Å². The van der Waals surface area contributed by atoms with Gasteiger partial charge in [-0.1, -0.05) is 58.4 Å². The summed E-state index contributed by atoms with van der Waals surface area (Å²) >= 11 is 0. The maximum atomic E-state index is 2.24. The second-order valence-corrected chi connectivity index (χ2v) is 4.92. The van der Waals surface area contributed by atoms with Crippen LogP contribution in [0.3, 0.4) is 0 Å². The van der Waals surface area contributed by atoms with Gasteiger partial charge in [-0.25, -0.2) is 0 Å². The first kappa shape index (κ1) is 20.8. The lowest BCUT2D eigenvalue weighted by molar-refractivity contribution is 0.642. The van der Waals surface area contributed by atoms with Gasteiger partial charge in [-0.3, -0.25) is 0 Å². The van der Waals surface area contributed by atoms with Crippen LogP contribution in [-0.4, -0.2) is 0 Å². The van der Waals surface area contributed by atoms with Crippen molar-refractivity contribution in [3.05, 3.63) is 23.3 Å². The SMILES string of the molecule is C.CC=C(C)C(C)C.CC=C(C)CC(C)C. The van der Waals surface area contributed by atoms with Gasteiger partial charge in [0.25, 0.3) is 0 Å². The number of rotatable bonds is 3. The molecule has 0 aliphatic heterocycles. The largest absolute Gasteiger partial charge is 0.0887 e. The van der Waals surface area contributed by atoms with Crippen LogP contribution in [-0.2, 0) is 0 Å². The lowest BCUT2D eigenvalue weighted by Crippen LogP contribution is -1.86. The zero-order valence-corrected chi connectivity index (χ0v) is 12.0. The molecule has 0 amide bonds. The number of hydrogen-bond acceptors (Lipinski definition) is 0. The fourth-order valence-corrected chi connectivity index (χ4v) is 1.10. The van der Waals surface area contributed by atoms with Crippen LogP contribution in [0, 0.1) is 11.8 Å². The number of hydrogen-bond donors (Lipinski definition) is 0. The topological polar surface area (TPSA) is 0 Å². The Bertz CT molecular complexity index is 192.